The van der Waals surface area contributed by atoms with E-state index in [-0.39, 0.29) is 12.2 Å². The predicted molar refractivity (Wildman–Crippen MR) is 168 cm³/mol. The van der Waals surface area contributed by atoms with Crippen molar-refractivity contribution in [1.29, 1.82) is 0 Å². The van der Waals surface area contributed by atoms with Gasteiger partial charge in [0, 0.05) is 34.3 Å². The average Bonchev–Trinajstić information content (AvgIpc) is 3.44. The highest BCUT2D eigenvalue weighted by Gasteiger charge is 2.36. The van der Waals surface area contributed by atoms with Crippen molar-refractivity contribution in [2.45, 2.75) is 33.4 Å². The van der Waals surface area contributed by atoms with Crippen LogP contribution in [0.3, 0.4) is 0 Å². The maximum atomic E-state index is 14.4. The van der Waals surface area contributed by atoms with Gasteiger partial charge in [0.25, 0.3) is 5.56 Å². The highest BCUT2D eigenvalue weighted by atomic mass is 32.1. The Morgan fingerprint density at radius 2 is 1.81 bits per heavy atom. The number of aromatic nitrogens is 2. The molecule has 0 saturated heterocycles. The van der Waals surface area contributed by atoms with Crippen LogP contribution in [-0.2, 0) is 16.1 Å². The van der Waals surface area contributed by atoms with Gasteiger partial charge in [0.1, 0.15) is 11.8 Å². The molecule has 2 aromatic heterocycles. The predicted octanol–water partition coefficient (Wildman–Crippen LogP) is 5.41. The molecule has 1 unspecified atom stereocenters. The van der Waals surface area contributed by atoms with E-state index in [1.54, 1.807) is 25.5 Å². The quantitative estimate of drug-likeness (QED) is 0.192. The molecule has 1 aliphatic heterocycles. The number of methoxy groups -OCH3 is 1. The van der Waals surface area contributed by atoms with Gasteiger partial charge in [-0.05, 0) is 49.8 Å². The Bertz CT molecular complexity index is 2110. The first kappa shape index (κ1) is 27.5. The molecular formula is C34H31N3O4S. The molecule has 8 heteroatoms. The minimum atomic E-state index is -0.785. The van der Waals surface area contributed by atoms with Crippen molar-refractivity contribution in [3.63, 3.8) is 0 Å². The average molecular weight is 578 g/mol. The summed E-state index contributed by atoms with van der Waals surface area (Å²) in [5.41, 5.74) is 4.42. The Morgan fingerprint density at radius 3 is 2.55 bits per heavy atom. The minimum absolute atomic E-state index is 0.202. The van der Waals surface area contributed by atoms with Crippen LogP contribution in [0.1, 0.15) is 36.7 Å². The molecule has 42 heavy (non-hydrogen) atoms. The molecule has 1 atom stereocenters. The number of benzene rings is 3. The zero-order valence-corrected chi connectivity index (χ0v) is 24.8. The smallest absolute Gasteiger partial charge is 0.338 e. The maximum absolute atomic E-state index is 14.4. The third-order valence-electron chi connectivity index (χ3n) is 7.81. The molecule has 3 aromatic carbocycles. The van der Waals surface area contributed by atoms with Crippen molar-refractivity contribution in [1.82, 2.24) is 9.13 Å². The zero-order chi connectivity index (χ0) is 29.5. The molecule has 3 heterocycles. The number of rotatable bonds is 7. The van der Waals surface area contributed by atoms with E-state index in [4.69, 9.17) is 14.5 Å². The number of thiazole rings is 1. The van der Waals surface area contributed by atoms with E-state index in [0.717, 1.165) is 38.5 Å². The number of hydrogen-bond acceptors (Lipinski definition) is 6. The first-order valence-electron chi connectivity index (χ1n) is 13.8. The second kappa shape index (κ2) is 10.9. The van der Waals surface area contributed by atoms with E-state index < -0.39 is 12.0 Å². The van der Waals surface area contributed by atoms with Gasteiger partial charge in [0.05, 0.1) is 29.5 Å². The number of carbonyl (C=O) groups is 1. The Morgan fingerprint density at radius 1 is 1.07 bits per heavy atom. The molecule has 5 aromatic rings. The van der Waals surface area contributed by atoms with Gasteiger partial charge in [0.2, 0.25) is 0 Å². The van der Waals surface area contributed by atoms with Crippen LogP contribution in [0.15, 0.2) is 94.4 Å². The molecule has 0 spiro atoms. The second-order valence-corrected chi connectivity index (χ2v) is 11.1. The Kier molecular flexibility index (Phi) is 7.16. The first-order valence-corrected chi connectivity index (χ1v) is 14.6. The summed E-state index contributed by atoms with van der Waals surface area (Å²) in [5.74, 6) is 0.0736. The molecule has 0 N–H and O–H groups in total. The molecule has 1 aliphatic rings. The van der Waals surface area contributed by atoms with Crippen LogP contribution < -0.4 is 19.6 Å². The molecule has 6 rings (SSSR count). The minimum Gasteiger partial charge on any atom is -0.496 e. The summed E-state index contributed by atoms with van der Waals surface area (Å²) in [6.45, 7) is 10.4. The molecule has 0 radical (unpaired) electrons. The van der Waals surface area contributed by atoms with Gasteiger partial charge in [-0.1, -0.05) is 65.9 Å². The van der Waals surface area contributed by atoms with Crippen molar-refractivity contribution >= 4 is 45.1 Å². The topological polar surface area (TPSA) is 74.8 Å². The van der Waals surface area contributed by atoms with Gasteiger partial charge in [0.15, 0.2) is 4.80 Å². The lowest BCUT2D eigenvalue weighted by atomic mass is 9.90. The van der Waals surface area contributed by atoms with Crippen LogP contribution in [-0.4, -0.2) is 28.8 Å². The van der Waals surface area contributed by atoms with Crippen LogP contribution in [0.5, 0.6) is 5.75 Å². The first-order chi connectivity index (χ1) is 20.4. The van der Waals surface area contributed by atoms with Gasteiger partial charge in [-0.15, -0.1) is 6.58 Å². The van der Waals surface area contributed by atoms with E-state index >= 15 is 0 Å². The van der Waals surface area contributed by atoms with E-state index in [1.165, 1.54) is 11.3 Å². The molecule has 0 bridgehead atoms. The Labute approximate surface area is 247 Å². The Hall–Kier alpha value is -4.69. The summed E-state index contributed by atoms with van der Waals surface area (Å²) < 4.78 is 15.7. The fourth-order valence-electron chi connectivity index (χ4n) is 5.94. The number of fused-ring (bicyclic) bond motifs is 3. The molecule has 0 fully saturated rings. The van der Waals surface area contributed by atoms with Crippen molar-refractivity contribution < 1.29 is 14.3 Å². The fourth-order valence-corrected chi connectivity index (χ4v) is 6.96. The van der Waals surface area contributed by atoms with Crippen LogP contribution in [0, 0.1) is 6.92 Å². The lowest BCUT2D eigenvalue weighted by molar-refractivity contribution is -0.139. The molecule has 7 nitrogen and oxygen atoms in total. The summed E-state index contributed by atoms with van der Waals surface area (Å²) in [7, 11) is 1.60. The van der Waals surface area contributed by atoms with Crippen molar-refractivity contribution in [2.75, 3.05) is 13.7 Å². The molecular weight excluding hydrogens is 546 g/mol. The van der Waals surface area contributed by atoms with Gasteiger partial charge in [-0.3, -0.25) is 9.36 Å². The molecule has 0 amide bonds. The summed E-state index contributed by atoms with van der Waals surface area (Å²) >= 11 is 1.32. The van der Waals surface area contributed by atoms with Crippen LogP contribution in [0.2, 0.25) is 0 Å². The van der Waals surface area contributed by atoms with E-state index in [2.05, 4.69) is 30.2 Å². The Balaban J connectivity index is 1.68. The number of carbonyl (C=O) groups excluding carboxylic acids is 1. The summed E-state index contributed by atoms with van der Waals surface area (Å²) in [4.78, 5) is 33.2. The number of ether oxygens (including phenoxy) is 2. The third-order valence-corrected chi connectivity index (χ3v) is 8.79. The highest BCUT2D eigenvalue weighted by molar-refractivity contribution is 7.07. The highest BCUT2D eigenvalue weighted by Crippen LogP contribution is 2.40. The number of para-hydroxylation sites is 1. The van der Waals surface area contributed by atoms with Gasteiger partial charge < -0.3 is 14.0 Å². The van der Waals surface area contributed by atoms with Gasteiger partial charge in [-0.25, -0.2) is 9.79 Å². The van der Waals surface area contributed by atoms with E-state index in [9.17, 15) is 9.59 Å². The molecule has 0 saturated carbocycles. The maximum Gasteiger partial charge on any atom is 0.338 e. The van der Waals surface area contributed by atoms with Crippen molar-refractivity contribution in [3.05, 3.63) is 121 Å². The standard InChI is InChI=1S/C34H31N3O4S/c1-6-18-36-21(4)25(24-14-10-11-15-26(24)36)19-28-32(38)37-31(29(33(39)41-7-2)20(3)35-34(37)42-28)30-23-13-9-8-12-22(23)16-17-27(30)40-5/h6,8-17,19,31H,1,7,18H2,2-5H3. The second-order valence-electron chi connectivity index (χ2n) is 10.1. The summed E-state index contributed by atoms with van der Waals surface area (Å²) in [6.07, 6.45) is 3.82. The van der Waals surface area contributed by atoms with E-state index in [0.29, 0.717) is 32.9 Å². The summed E-state index contributed by atoms with van der Waals surface area (Å²) in [6, 6.07) is 19.1. The summed E-state index contributed by atoms with van der Waals surface area (Å²) in [5, 5.41) is 2.91. The van der Waals surface area contributed by atoms with Crippen LogP contribution in [0.4, 0.5) is 0 Å². The largest absolute Gasteiger partial charge is 0.496 e. The number of allylic oxidation sites excluding steroid dienone is 2. The molecule has 212 valence electrons. The molecule has 0 aliphatic carbocycles. The SMILES string of the molecule is C=CCn1c(C)c(C=c2sc3n(c2=O)C(c2c(OC)ccc4ccccc24)C(C(=O)OCC)=C(C)N=3)c2ccccc21. The van der Waals surface area contributed by atoms with Gasteiger partial charge in [-0.2, -0.15) is 0 Å². The van der Waals surface area contributed by atoms with Gasteiger partial charge >= 0.3 is 5.97 Å². The van der Waals surface area contributed by atoms with Crippen LogP contribution in [0.25, 0.3) is 27.8 Å². The third kappa shape index (κ3) is 4.30. The lowest BCUT2D eigenvalue weighted by Gasteiger charge is -2.27. The van der Waals surface area contributed by atoms with E-state index in [1.807, 2.05) is 60.7 Å². The van der Waals surface area contributed by atoms with Crippen molar-refractivity contribution in [3.8, 4) is 5.75 Å². The monoisotopic (exact) mass is 577 g/mol. The number of esters is 1. The number of hydrogen-bond donors (Lipinski definition) is 0. The van der Waals surface area contributed by atoms with Crippen LogP contribution >= 0.6 is 11.3 Å². The lowest BCUT2D eigenvalue weighted by Crippen LogP contribution is -2.40. The zero-order valence-electron chi connectivity index (χ0n) is 24.0. The fraction of sp³-hybridized carbons (Fsp3) is 0.206. The number of nitrogens with zero attached hydrogens (tertiary/aromatic N) is 3. The normalized spacial score (nSPS) is 15.1. The van der Waals surface area contributed by atoms with Crippen molar-refractivity contribution in [2.24, 2.45) is 4.99 Å².